The van der Waals surface area contributed by atoms with Gasteiger partial charge >= 0.3 is 13.7 Å². The summed E-state index contributed by atoms with van der Waals surface area (Å²) in [6, 6.07) is -0.580. The zero-order chi connectivity index (χ0) is 9.40. The number of hydrogen-bond acceptors (Lipinski definition) is 4. The summed E-state index contributed by atoms with van der Waals surface area (Å²) >= 11 is 0. The minimum absolute atomic E-state index is 0.520. The highest BCUT2D eigenvalue weighted by molar-refractivity contribution is 6.20. The van der Waals surface area contributed by atoms with Crippen molar-refractivity contribution in [2.24, 2.45) is 5.73 Å². The maximum atomic E-state index is 10.8. The van der Waals surface area contributed by atoms with Crippen LogP contribution in [-0.2, 0) is 9.45 Å². The van der Waals surface area contributed by atoms with E-state index in [1.165, 1.54) is 0 Å². The fraction of sp³-hybridized carbons (Fsp3) is 0.833. The molecule has 0 fully saturated rings. The van der Waals surface area contributed by atoms with Gasteiger partial charge in [0.1, 0.15) is 13.9 Å². The lowest BCUT2D eigenvalue weighted by atomic mass is 9.98. The fourth-order valence-corrected chi connectivity index (χ4v) is 0.903. The first-order chi connectivity index (χ1) is 5.72. The van der Waals surface area contributed by atoms with Crippen LogP contribution in [0.3, 0.4) is 0 Å². The monoisotopic (exact) mass is 171 g/mol. The fourth-order valence-electron chi connectivity index (χ4n) is 0.903. The van der Waals surface area contributed by atoms with Gasteiger partial charge in [-0.3, -0.25) is 4.79 Å². The summed E-state index contributed by atoms with van der Waals surface area (Å²) in [6.45, 7) is 0. The van der Waals surface area contributed by atoms with E-state index in [4.69, 9.17) is 10.8 Å². The highest BCUT2D eigenvalue weighted by Gasteiger charge is 2.13. The van der Waals surface area contributed by atoms with Crippen molar-refractivity contribution in [3.63, 3.8) is 0 Å². The van der Waals surface area contributed by atoms with Gasteiger partial charge in [0, 0.05) is 0 Å². The van der Waals surface area contributed by atoms with E-state index in [9.17, 15) is 4.79 Å². The number of unbranched alkanes of at least 4 members (excludes halogenated alkanes) is 1. The number of rotatable bonds is 6. The van der Waals surface area contributed by atoms with Gasteiger partial charge in [-0.05, 0) is 6.42 Å². The molecule has 12 heavy (non-hydrogen) atoms. The van der Waals surface area contributed by atoms with Crippen LogP contribution in [0.4, 0.5) is 0 Å². The Morgan fingerprint density at radius 1 is 1.67 bits per heavy atom. The van der Waals surface area contributed by atoms with Gasteiger partial charge in [0.15, 0.2) is 0 Å². The highest BCUT2D eigenvalue weighted by Crippen LogP contribution is 2.01. The van der Waals surface area contributed by atoms with Gasteiger partial charge in [-0.1, -0.05) is 19.2 Å². The normalized spacial score (nSPS) is 12.2. The van der Waals surface area contributed by atoms with Crippen LogP contribution in [0, 0.1) is 0 Å². The largest absolute Gasteiger partial charge is 0.511 e. The van der Waals surface area contributed by atoms with Crippen LogP contribution in [0.1, 0.15) is 19.3 Å². The van der Waals surface area contributed by atoms with Crippen LogP contribution < -0.4 is 5.73 Å². The zero-order valence-electron chi connectivity index (χ0n) is 7.45. The predicted molar refractivity (Wildman–Crippen MR) is 50.6 cm³/mol. The third-order valence-electron chi connectivity index (χ3n) is 1.63. The lowest BCUT2D eigenvalue weighted by Crippen LogP contribution is -2.33. The molecule has 0 amide bonds. The van der Waals surface area contributed by atoms with Crippen molar-refractivity contribution in [1.82, 2.24) is 0 Å². The van der Waals surface area contributed by atoms with Crippen LogP contribution >= 0.6 is 0 Å². The van der Waals surface area contributed by atoms with Crippen molar-refractivity contribution in [3.8, 4) is 0 Å². The first-order valence-corrected chi connectivity index (χ1v) is 4.25. The Hall–Kier alpha value is -0.480. The molecule has 0 aromatic heterocycles. The third kappa shape index (κ3) is 5.21. The maximum absolute atomic E-state index is 10.8. The smallest absolute Gasteiger partial charge is 0.506 e. The second-order valence-electron chi connectivity index (χ2n) is 2.69. The molecular formula is C6H15B2NO3. The molecule has 0 aromatic rings. The Morgan fingerprint density at radius 2 is 2.33 bits per heavy atom. The van der Waals surface area contributed by atoms with Gasteiger partial charge in [0.2, 0.25) is 0 Å². The third-order valence-corrected chi connectivity index (χ3v) is 1.63. The summed E-state index contributed by atoms with van der Waals surface area (Å²) in [5, 5.41) is 8.26. The van der Waals surface area contributed by atoms with Gasteiger partial charge < -0.3 is 15.4 Å². The number of carbonyl (C=O) groups excluding carboxylic acids is 1. The Morgan fingerprint density at radius 3 is 2.83 bits per heavy atom. The highest BCUT2D eigenvalue weighted by atomic mass is 16.6. The van der Waals surface area contributed by atoms with E-state index in [-0.39, 0.29) is 0 Å². The molecule has 0 unspecified atom stereocenters. The van der Waals surface area contributed by atoms with Crippen LogP contribution in [-0.4, -0.2) is 32.6 Å². The average Bonchev–Trinajstić information content (AvgIpc) is 2.05. The molecule has 0 aliphatic rings. The lowest BCUT2D eigenvalue weighted by Gasteiger charge is -2.08. The first kappa shape index (κ1) is 11.5. The van der Waals surface area contributed by atoms with E-state index < -0.39 is 19.7 Å². The molecule has 1 atom stereocenters. The average molecular weight is 171 g/mol. The van der Waals surface area contributed by atoms with Gasteiger partial charge in [-0.25, -0.2) is 0 Å². The van der Waals surface area contributed by atoms with E-state index in [1.807, 2.05) is 0 Å². The molecule has 0 aliphatic carbocycles. The van der Waals surface area contributed by atoms with E-state index in [1.54, 1.807) is 0 Å². The minimum atomic E-state index is -0.583. The van der Waals surface area contributed by atoms with Gasteiger partial charge in [0.05, 0.1) is 0 Å². The number of carbonyl (C=O) groups is 1. The molecule has 0 rings (SSSR count). The summed E-state index contributed by atoms with van der Waals surface area (Å²) in [6.07, 6.45) is 3.73. The minimum Gasteiger partial charge on any atom is -0.511 e. The van der Waals surface area contributed by atoms with E-state index in [0.717, 1.165) is 19.2 Å². The SMILES string of the molecule is BCCCC[C@H](N)C(=O)OBO. The quantitative estimate of drug-likeness (QED) is 0.370. The second kappa shape index (κ2) is 7.18. The van der Waals surface area contributed by atoms with Crippen LogP contribution in [0.25, 0.3) is 0 Å². The molecule has 0 bridgehead atoms. The van der Waals surface area contributed by atoms with Crippen molar-refractivity contribution in [2.45, 2.75) is 31.6 Å². The van der Waals surface area contributed by atoms with Crippen LogP contribution in [0.2, 0.25) is 6.32 Å². The molecule has 4 nitrogen and oxygen atoms in total. The Bertz CT molecular complexity index is 134. The van der Waals surface area contributed by atoms with Crippen molar-refractivity contribution >= 4 is 21.5 Å². The molecule has 0 spiro atoms. The predicted octanol–water partition coefficient (Wildman–Crippen LogP) is -1.66. The van der Waals surface area contributed by atoms with Crippen molar-refractivity contribution in [1.29, 1.82) is 0 Å². The first-order valence-electron chi connectivity index (χ1n) is 4.25. The maximum Gasteiger partial charge on any atom is 0.506 e. The van der Waals surface area contributed by atoms with Crippen molar-refractivity contribution in [3.05, 3.63) is 0 Å². The number of nitrogens with two attached hydrogens (primary N) is 1. The van der Waals surface area contributed by atoms with Gasteiger partial charge in [-0.15, -0.1) is 0 Å². The van der Waals surface area contributed by atoms with Crippen LogP contribution in [0.15, 0.2) is 0 Å². The van der Waals surface area contributed by atoms with Crippen molar-refractivity contribution < 1.29 is 14.5 Å². The van der Waals surface area contributed by atoms with Gasteiger partial charge in [0.25, 0.3) is 0 Å². The summed E-state index contributed by atoms with van der Waals surface area (Å²) in [7, 11) is 1.50. The molecule has 0 saturated carbocycles. The molecular weight excluding hydrogens is 156 g/mol. The Labute approximate surface area is 74.2 Å². The summed E-state index contributed by atoms with van der Waals surface area (Å²) in [5.41, 5.74) is 5.46. The molecule has 3 N–H and O–H groups in total. The Balaban J connectivity index is 3.42. The number of hydrogen-bond donors (Lipinski definition) is 2. The topological polar surface area (TPSA) is 72.6 Å². The molecule has 0 saturated heterocycles. The standard InChI is InChI=1S/C6H15B2NO3/c7-4-2-1-3-5(9)6(10)12-8-11/h5,8,11H,1-4,7,9H2/t5-/m0/s1. The van der Waals surface area contributed by atoms with Crippen molar-refractivity contribution in [2.75, 3.05) is 0 Å². The van der Waals surface area contributed by atoms with E-state index in [2.05, 4.69) is 12.5 Å². The molecule has 0 aliphatic heterocycles. The summed E-state index contributed by atoms with van der Waals surface area (Å²) < 4.78 is 4.33. The van der Waals surface area contributed by atoms with Gasteiger partial charge in [-0.2, -0.15) is 0 Å². The second-order valence-corrected chi connectivity index (χ2v) is 2.69. The zero-order valence-corrected chi connectivity index (χ0v) is 7.45. The summed E-state index contributed by atoms with van der Waals surface area (Å²) in [5.74, 6) is -0.520. The summed E-state index contributed by atoms with van der Waals surface area (Å²) in [4.78, 5) is 10.8. The lowest BCUT2D eigenvalue weighted by molar-refractivity contribution is -0.136. The Kier molecular flexibility index (Phi) is 6.90. The molecule has 0 radical (unpaired) electrons. The van der Waals surface area contributed by atoms with Crippen LogP contribution in [0.5, 0.6) is 0 Å². The molecule has 0 aromatic carbocycles. The van der Waals surface area contributed by atoms with E-state index >= 15 is 0 Å². The van der Waals surface area contributed by atoms with E-state index in [0.29, 0.717) is 6.42 Å². The molecule has 68 valence electrons. The molecule has 0 heterocycles. The molecule has 6 heteroatoms.